The number of hydrogen-bond acceptors (Lipinski definition) is 5. The molecule has 25 heavy (non-hydrogen) atoms. The molecule has 0 aliphatic carbocycles. The van der Waals surface area contributed by atoms with E-state index in [1.54, 1.807) is 41.5 Å². The first-order valence-electron chi connectivity index (χ1n) is 8.52. The monoisotopic (exact) mass is 345 g/mol. The van der Waals surface area contributed by atoms with Gasteiger partial charge >= 0.3 is 6.03 Å². The zero-order chi connectivity index (χ0) is 17.3. The Bertz CT molecular complexity index is 656. The molecule has 8 nitrogen and oxygen atoms in total. The Hall–Kier alpha value is -2.45. The zero-order valence-corrected chi connectivity index (χ0v) is 14.1. The Morgan fingerprint density at radius 2 is 2.36 bits per heavy atom. The quantitative estimate of drug-likeness (QED) is 0.714. The van der Waals surface area contributed by atoms with Crippen LogP contribution < -0.4 is 10.6 Å². The van der Waals surface area contributed by atoms with Crippen molar-refractivity contribution in [2.45, 2.75) is 25.4 Å². The second-order valence-electron chi connectivity index (χ2n) is 5.77. The summed E-state index contributed by atoms with van der Waals surface area (Å²) < 4.78 is 12.7. The molecule has 1 fully saturated rings. The molecule has 8 heteroatoms. The molecule has 0 unspecified atom stereocenters. The minimum absolute atomic E-state index is 0.238. The Balaban J connectivity index is 1.37. The predicted octanol–water partition coefficient (Wildman–Crippen LogP) is 1.97. The fourth-order valence-electron chi connectivity index (χ4n) is 2.60. The number of rotatable bonds is 8. The summed E-state index contributed by atoms with van der Waals surface area (Å²) in [6, 6.07) is 5.07. The molecule has 3 heterocycles. The number of urea groups is 1. The van der Waals surface area contributed by atoms with Crippen molar-refractivity contribution in [3.63, 3.8) is 0 Å². The average molecular weight is 345 g/mol. The van der Waals surface area contributed by atoms with Crippen LogP contribution in [0.1, 0.15) is 19.3 Å². The number of anilines is 1. The van der Waals surface area contributed by atoms with E-state index in [4.69, 9.17) is 9.47 Å². The Morgan fingerprint density at radius 1 is 1.40 bits per heavy atom. The summed E-state index contributed by atoms with van der Waals surface area (Å²) >= 11 is 0. The van der Waals surface area contributed by atoms with Gasteiger partial charge in [-0.25, -0.2) is 14.5 Å². The van der Waals surface area contributed by atoms with Crippen molar-refractivity contribution in [3.05, 3.63) is 36.8 Å². The molecule has 1 aliphatic heterocycles. The lowest BCUT2D eigenvalue weighted by Gasteiger charge is -2.12. The van der Waals surface area contributed by atoms with Crippen molar-refractivity contribution < 1.29 is 14.3 Å². The largest absolute Gasteiger partial charge is 0.379 e. The van der Waals surface area contributed by atoms with E-state index >= 15 is 0 Å². The van der Waals surface area contributed by atoms with E-state index in [1.165, 1.54) is 0 Å². The second-order valence-corrected chi connectivity index (χ2v) is 5.77. The van der Waals surface area contributed by atoms with Gasteiger partial charge in [0.25, 0.3) is 0 Å². The number of pyridine rings is 1. The smallest absolute Gasteiger partial charge is 0.319 e. The number of nitrogens with one attached hydrogen (secondary N) is 2. The summed E-state index contributed by atoms with van der Waals surface area (Å²) in [6.45, 7) is 2.61. The van der Waals surface area contributed by atoms with Crippen LogP contribution in [0.2, 0.25) is 0 Å². The average Bonchev–Trinajstić information content (AvgIpc) is 3.32. The van der Waals surface area contributed by atoms with E-state index < -0.39 is 0 Å². The van der Waals surface area contributed by atoms with Crippen LogP contribution >= 0.6 is 0 Å². The number of hydrogen-bond donors (Lipinski definition) is 2. The number of carbonyl (C=O) groups excluding carboxylic acids is 1. The van der Waals surface area contributed by atoms with Crippen molar-refractivity contribution in [2.75, 3.05) is 31.7 Å². The standard InChI is InChI=1S/C17H23N5O3/c23-17(19-8-4-11-24-13-14-5-2-12-25-14)21-15-6-1-7-18-16(15)22-10-3-9-20-22/h1,3,6-7,9-10,14H,2,4-5,8,11-13H2,(H2,19,21,23)/t14-/m1/s1. The van der Waals surface area contributed by atoms with Crippen molar-refractivity contribution >= 4 is 11.7 Å². The van der Waals surface area contributed by atoms with E-state index in [2.05, 4.69) is 20.7 Å². The van der Waals surface area contributed by atoms with Crippen LogP contribution in [0.5, 0.6) is 0 Å². The van der Waals surface area contributed by atoms with Gasteiger partial charge in [-0.3, -0.25) is 0 Å². The third kappa shape index (κ3) is 5.27. The maximum atomic E-state index is 12.0. The van der Waals surface area contributed by atoms with Crippen molar-refractivity contribution in [1.29, 1.82) is 0 Å². The summed E-state index contributed by atoms with van der Waals surface area (Å²) in [4.78, 5) is 16.3. The molecule has 2 aromatic heterocycles. The molecule has 0 aromatic carbocycles. The Morgan fingerprint density at radius 3 is 3.16 bits per heavy atom. The van der Waals surface area contributed by atoms with Gasteiger partial charge in [0.2, 0.25) is 0 Å². The number of ether oxygens (including phenoxy) is 2. The molecule has 2 N–H and O–H groups in total. The van der Waals surface area contributed by atoms with E-state index in [9.17, 15) is 4.79 Å². The Kier molecular flexibility index (Phi) is 6.35. The Labute approximate surface area is 146 Å². The van der Waals surface area contributed by atoms with Crippen LogP contribution in [-0.2, 0) is 9.47 Å². The van der Waals surface area contributed by atoms with Crippen LogP contribution in [0.25, 0.3) is 5.82 Å². The molecule has 2 amide bonds. The van der Waals surface area contributed by atoms with Crippen LogP contribution in [-0.4, -0.2) is 53.3 Å². The topological polar surface area (TPSA) is 90.3 Å². The molecule has 1 atom stereocenters. The summed E-state index contributed by atoms with van der Waals surface area (Å²) in [5, 5.41) is 9.75. The summed E-state index contributed by atoms with van der Waals surface area (Å²) in [5.74, 6) is 0.572. The van der Waals surface area contributed by atoms with Gasteiger partial charge in [-0.15, -0.1) is 0 Å². The zero-order valence-electron chi connectivity index (χ0n) is 14.1. The molecule has 134 valence electrons. The van der Waals surface area contributed by atoms with Crippen LogP contribution in [0.4, 0.5) is 10.5 Å². The summed E-state index contributed by atoms with van der Waals surface area (Å²) in [7, 11) is 0. The second kappa shape index (κ2) is 9.14. The fraction of sp³-hybridized carbons (Fsp3) is 0.471. The summed E-state index contributed by atoms with van der Waals surface area (Å²) in [5.41, 5.74) is 0.596. The molecule has 0 bridgehead atoms. The first kappa shape index (κ1) is 17.4. The minimum Gasteiger partial charge on any atom is -0.379 e. The number of carbonyl (C=O) groups is 1. The predicted molar refractivity (Wildman–Crippen MR) is 92.8 cm³/mol. The molecule has 0 saturated carbocycles. The lowest BCUT2D eigenvalue weighted by atomic mass is 10.2. The van der Waals surface area contributed by atoms with Gasteiger partial charge in [-0.2, -0.15) is 5.10 Å². The van der Waals surface area contributed by atoms with Gasteiger partial charge in [0.1, 0.15) is 0 Å². The molecule has 2 aromatic rings. The normalized spacial score (nSPS) is 16.7. The van der Waals surface area contributed by atoms with Gasteiger partial charge in [-0.05, 0) is 37.5 Å². The van der Waals surface area contributed by atoms with E-state index in [0.717, 1.165) is 25.9 Å². The molecular weight excluding hydrogens is 322 g/mol. The van der Waals surface area contributed by atoms with Crippen molar-refractivity contribution in [3.8, 4) is 5.82 Å². The van der Waals surface area contributed by atoms with Gasteiger partial charge < -0.3 is 20.1 Å². The number of nitrogens with zero attached hydrogens (tertiary/aromatic N) is 3. The van der Waals surface area contributed by atoms with Crippen molar-refractivity contribution in [2.24, 2.45) is 0 Å². The summed E-state index contributed by atoms with van der Waals surface area (Å²) in [6.07, 6.45) is 8.27. The highest BCUT2D eigenvalue weighted by atomic mass is 16.5. The molecule has 0 radical (unpaired) electrons. The molecule has 0 spiro atoms. The van der Waals surface area contributed by atoms with Gasteiger partial charge in [0.15, 0.2) is 5.82 Å². The highest BCUT2D eigenvalue weighted by Gasteiger charge is 2.15. The maximum Gasteiger partial charge on any atom is 0.319 e. The first-order valence-corrected chi connectivity index (χ1v) is 8.52. The maximum absolute atomic E-state index is 12.0. The molecule has 1 saturated heterocycles. The number of aromatic nitrogens is 3. The third-order valence-corrected chi connectivity index (χ3v) is 3.84. The highest BCUT2D eigenvalue weighted by Crippen LogP contribution is 2.15. The lowest BCUT2D eigenvalue weighted by Crippen LogP contribution is -2.30. The number of amides is 2. The van der Waals surface area contributed by atoms with E-state index in [-0.39, 0.29) is 12.1 Å². The molecular formula is C17H23N5O3. The highest BCUT2D eigenvalue weighted by molar-refractivity contribution is 5.90. The van der Waals surface area contributed by atoms with Crippen LogP contribution in [0, 0.1) is 0 Å². The van der Waals surface area contributed by atoms with Gasteiger partial charge in [0.05, 0.1) is 18.4 Å². The lowest BCUT2D eigenvalue weighted by molar-refractivity contribution is 0.0168. The SMILES string of the molecule is O=C(NCCCOC[C@H]1CCCO1)Nc1cccnc1-n1cccn1. The van der Waals surface area contributed by atoms with Gasteiger partial charge in [0, 0.05) is 38.3 Å². The molecule has 1 aliphatic rings. The third-order valence-electron chi connectivity index (χ3n) is 3.84. The van der Waals surface area contributed by atoms with Gasteiger partial charge in [-0.1, -0.05) is 0 Å². The van der Waals surface area contributed by atoms with E-state index in [0.29, 0.717) is 31.3 Å². The first-order chi connectivity index (χ1) is 12.3. The molecule has 3 rings (SSSR count). The van der Waals surface area contributed by atoms with Crippen LogP contribution in [0.15, 0.2) is 36.8 Å². The van der Waals surface area contributed by atoms with E-state index in [1.807, 2.05) is 0 Å². The minimum atomic E-state index is -0.277. The van der Waals surface area contributed by atoms with Crippen molar-refractivity contribution in [1.82, 2.24) is 20.1 Å². The fourth-order valence-corrected chi connectivity index (χ4v) is 2.60. The van der Waals surface area contributed by atoms with Crippen LogP contribution in [0.3, 0.4) is 0 Å².